The lowest BCUT2D eigenvalue weighted by molar-refractivity contribution is -0.122. The van der Waals surface area contributed by atoms with Gasteiger partial charge in [-0.05, 0) is 80.4 Å². The molecule has 1 heterocycles. The number of rotatable bonds is 11. The van der Waals surface area contributed by atoms with Crippen LogP contribution in [0.15, 0.2) is 89.9 Å². The van der Waals surface area contributed by atoms with E-state index in [1.54, 1.807) is 49.4 Å². The van der Waals surface area contributed by atoms with Gasteiger partial charge < -0.3 is 13.7 Å². The first-order valence-corrected chi connectivity index (χ1v) is 14.1. The third-order valence-electron chi connectivity index (χ3n) is 5.86. The summed E-state index contributed by atoms with van der Waals surface area (Å²) in [6, 6.07) is 16.1. The molecule has 11 heteroatoms. The number of amides is 4. The number of carbonyl (C=O) groups is 3. The zero-order valence-corrected chi connectivity index (χ0v) is 23.3. The van der Waals surface area contributed by atoms with E-state index in [-0.39, 0.29) is 40.7 Å². The molecular weight excluding hydrogens is 548 g/mol. The molecule has 4 amide bonds. The molecule has 10 nitrogen and oxygen atoms in total. The molecule has 0 aliphatic carbocycles. The zero-order valence-electron chi connectivity index (χ0n) is 22.5. The van der Waals surface area contributed by atoms with Gasteiger partial charge in [0.2, 0.25) is 0 Å². The van der Waals surface area contributed by atoms with Crippen LogP contribution in [0.3, 0.4) is 0 Å². The van der Waals surface area contributed by atoms with Crippen LogP contribution in [0, 0.1) is 0 Å². The molecule has 0 aromatic heterocycles. The van der Waals surface area contributed by atoms with E-state index in [0.717, 1.165) is 4.90 Å². The van der Waals surface area contributed by atoms with Crippen molar-refractivity contribution in [3.63, 3.8) is 0 Å². The molecule has 0 unspecified atom stereocenters. The van der Waals surface area contributed by atoms with Crippen LogP contribution >= 0.6 is 0 Å². The van der Waals surface area contributed by atoms with Crippen molar-refractivity contribution < 1.29 is 36.5 Å². The van der Waals surface area contributed by atoms with Crippen molar-refractivity contribution in [1.29, 1.82) is 0 Å². The van der Waals surface area contributed by atoms with Crippen LogP contribution in [-0.2, 0) is 26.1 Å². The van der Waals surface area contributed by atoms with Gasteiger partial charge in [-0.25, -0.2) is 9.69 Å². The predicted molar refractivity (Wildman–Crippen MR) is 152 cm³/mol. The summed E-state index contributed by atoms with van der Waals surface area (Å²) in [4.78, 5) is 39.6. The average molecular weight is 577 g/mol. The van der Waals surface area contributed by atoms with Gasteiger partial charge in [-0.2, -0.15) is 8.42 Å². The van der Waals surface area contributed by atoms with Crippen molar-refractivity contribution >= 4 is 39.7 Å². The van der Waals surface area contributed by atoms with E-state index in [2.05, 4.69) is 11.9 Å². The van der Waals surface area contributed by atoms with Gasteiger partial charge in [-0.15, -0.1) is 6.58 Å². The van der Waals surface area contributed by atoms with E-state index < -0.39 is 28.0 Å². The second-order valence-electron chi connectivity index (χ2n) is 8.67. The maximum atomic E-state index is 13.4. The Kier molecular flexibility index (Phi) is 8.88. The highest BCUT2D eigenvalue weighted by atomic mass is 32.2. The Labute approximate surface area is 238 Å². The monoisotopic (exact) mass is 576 g/mol. The van der Waals surface area contributed by atoms with Gasteiger partial charge in [0.1, 0.15) is 16.2 Å². The van der Waals surface area contributed by atoms with Crippen molar-refractivity contribution in [3.8, 4) is 17.2 Å². The first-order valence-electron chi connectivity index (χ1n) is 12.7. The molecule has 0 radical (unpaired) electrons. The highest BCUT2D eigenvalue weighted by molar-refractivity contribution is 7.87. The minimum absolute atomic E-state index is 0.0385. The smallest absolute Gasteiger partial charge is 0.339 e. The van der Waals surface area contributed by atoms with Crippen molar-refractivity contribution in [1.82, 2.24) is 5.32 Å². The molecule has 4 rings (SSSR count). The summed E-state index contributed by atoms with van der Waals surface area (Å²) in [6.07, 6.45) is 3.04. The van der Waals surface area contributed by atoms with Crippen molar-refractivity contribution in [2.75, 3.05) is 18.1 Å². The Morgan fingerprint density at radius 3 is 2.24 bits per heavy atom. The fourth-order valence-electron chi connectivity index (χ4n) is 4.09. The molecule has 1 aliphatic rings. The van der Waals surface area contributed by atoms with E-state index in [1.165, 1.54) is 36.4 Å². The topological polar surface area (TPSA) is 128 Å². The molecule has 0 saturated carbocycles. The number of nitrogens with one attached hydrogen (secondary N) is 1. The zero-order chi connectivity index (χ0) is 29.6. The molecule has 3 aromatic carbocycles. The number of ether oxygens (including phenoxy) is 2. The summed E-state index contributed by atoms with van der Waals surface area (Å²) in [5.41, 5.74) is 0.664. The molecule has 0 spiro atoms. The number of nitrogens with zero attached hydrogens (tertiary/aromatic N) is 1. The van der Waals surface area contributed by atoms with E-state index in [4.69, 9.17) is 13.7 Å². The number of allylic oxidation sites excluding steroid dienone is 1. The minimum Gasteiger partial charge on any atom is -0.494 e. The molecule has 212 valence electrons. The van der Waals surface area contributed by atoms with Gasteiger partial charge in [0.15, 0.2) is 11.5 Å². The Hall–Kier alpha value is -4.90. The molecule has 41 heavy (non-hydrogen) atoms. The van der Waals surface area contributed by atoms with Crippen molar-refractivity contribution in [2.45, 2.75) is 25.2 Å². The Bertz CT molecular complexity index is 1610. The normalized spacial score (nSPS) is 14.5. The Morgan fingerprint density at radius 2 is 1.61 bits per heavy atom. The third kappa shape index (κ3) is 6.47. The number of benzene rings is 3. The number of hydrogen-bond acceptors (Lipinski definition) is 8. The van der Waals surface area contributed by atoms with Gasteiger partial charge in [0.25, 0.3) is 11.8 Å². The lowest BCUT2D eigenvalue weighted by Crippen LogP contribution is -2.54. The quantitative estimate of drug-likeness (QED) is 0.151. The Morgan fingerprint density at radius 1 is 0.927 bits per heavy atom. The van der Waals surface area contributed by atoms with Crippen LogP contribution < -0.4 is 23.9 Å². The maximum Gasteiger partial charge on any atom is 0.339 e. The van der Waals surface area contributed by atoms with Crippen LogP contribution in [0.5, 0.6) is 17.2 Å². The number of anilines is 1. The van der Waals surface area contributed by atoms with E-state index in [1.807, 2.05) is 6.92 Å². The fourth-order valence-corrected chi connectivity index (χ4v) is 5.09. The Balaban J connectivity index is 1.75. The number of hydrogen-bond donors (Lipinski definition) is 1. The van der Waals surface area contributed by atoms with Crippen LogP contribution in [0.4, 0.5) is 10.5 Å². The van der Waals surface area contributed by atoms with Crippen LogP contribution in [0.2, 0.25) is 0 Å². The highest BCUT2D eigenvalue weighted by Gasteiger charge is 2.37. The summed E-state index contributed by atoms with van der Waals surface area (Å²) in [5, 5.41) is 2.18. The average Bonchev–Trinajstić information content (AvgIpc) is 2.94. The summed E-state index contributed by atoms with van der Waals surface area (Å²) in [6.45, 7) is 7.90. The molecule has 0 bridgehead atoms. The molecule has 1 saturated heterocycles. The molecule has 1 aliphatic heterocycles. The fraction of sp³-hybridized carbons (Fsp3) is 0.167. The standard InChI is InChI=1S/C30H28N2O8S/c1-4-10-21-17-20(19-26(39-6-3)27(21)40-41(36,37)24-11-8-7-9-12-24)18-25-28(33)31-30(35)32(29(25)34)22-13-15-23(16-14-22)38-5-2/h4,7-9,11-19H,1,5-6,10H2,2-3H3,(H,31,33,35)/b25-18+. The summed E-state index contributed by atoms with van der Waals surface area (Å²) in [5.74, 6) is -1.11. The SMILES string of the molecule is C=CCc1cc(/C=C2\C(=O)NC(=O)N(c3ccc(OCC)cc3)C2=O)cc(OCC)c1OS(=O)(=O)c1ccccc1. The summed E-state index contributed by atoms with van der Waals surface area (Å²) >= 11 is 0. The maximum absolute atomic E-state index is 13.4. The van der Waals surface area contributed by atoms with Crippen LogP contribution in [-0.4, -0.2) is 39.5 Å². The van der Waals surface area contributed by atoms with Gasteiger partial charge in [0, 0.05) is 5.56 Å². The first kappa shape index (κ1) is 29.1. The van der Waals surface area contributed by atoms with Gasteiger partial charge >= 0.3 is 16.1 Å². The van der Waals surface area contributed by atoms with E-state index in [9.17, 15) is 22.8 Å². The molecule has 0 atom stereocenters. The predicted octanol–water partition coefficient (Wildman–Crippen LogP) is 4.65. The summed E-state index contributed by atoms with van der Waals surface area (Å²) < 4.78 is 42.7. The number of imide groups is 2. The molecule has 3 aromatic rings. The lowest BCUT2D eigenvalue weighted by atomic mass is 10.0. The van der Waals surface area contributed by atoms with Crippen LogP contribution in [0.25, 0.3) is 6.08 Å². The van der Waals surface area contributed by atoms with Gasteiger partial charge in [-0.1, -0.05) is 24.3 Å². The van der Waals surface area contributed by atoms with Gasteiger partial charge in [0.05, 0.1) is 18.9 Å². The highest BCUT2D eigenvalue weighted by Crippen LogP contribution is 2.37. The second kappa shape index (κ2) is 12.5. The molecule has 1 fully saturated rings. The second-order valence-corrected chi connectivity index (χ2v) is 10.2. The van der Waals surface area contributed by atoms with Crippen molar-refractivity contribution in [3.05, 3.63) is 96.1 Å². The van der Waals surface area contributed by atoms with E-state index >= 15 is 0 Å². The third-order valence-corrected chi connectivity index (χ3v) is 7.10. The van der Waals surface area contributed by atoms with Crippen LogP contribution in [0.1, 0.15) is 25.0 Å². The number of urea groups is 1. The molecule has 1 N–H and O–H groups in total. The first-order chi connectivity index (χ1) is 19.7. The number of barbiturate groups is 1. The van der Waals surface area contributed by atoms with Crippen molar-refractivity contribution in [2.24, 2.45) is 0 Å². The number of carbonyl (C=O) groups excluding carboxylic acids is 3. The largest absolute Gasteiger partial charge is 0.494 e. The summed E-state index contributed by atoms with van der Waals surface area (Å²) in [7, 11) is -4.20. The minimum atomic E-state index is -4.20. The van der Waals surface area contributed by atoms with E-state index in [0.29, 0.717) is 23.5 Å². The van der Waals surface area contributed by atoms with Gasteiger partial charge in [-0.3, -0.25) is 14.9 Å². The lowest BCUT2D eigenvalue weighted by Gasteiger charge is -2.26. The molecular formula is C30H28N2O8S.